The Kier molecular flexibility index (Phi) is 3.48. The zero-order valence-electron chi connectivity index (χ0n) is 11.5. The molecular formula is C14H17N3O4. The SMILES string of the molecule is O=C(Cn1cc([N+](=O)[O-])ccc1=O)NC(C1CC1)C1CC1. The first kappa shape index (κ1) is 13.8. The van der Waals surface area contributed by atoms with Crippen LogP contribution in [0.1, 0.15) is 25.7 Å². The molecule has 2 aliphatic rings. The Morgan fingerprint density at radius 2 is 1.95 bits per heavy atom. The molecule has 0 unspecified atom stereocenters. The summed E-state index contributed by atoms with van der Waals surface area (Å²) < 4.78 is 1.09. The van der Waals surface area contributed by atoms with E-state index in [0.717, 1.165) is 48.6 Å². The number of hydrogen-bond acceptors (Lipinski definition) is 4. The van der Waals surface area contributed by atoms with E-state index in [1.54, 1.807) is 0 Å². The largest absolute Gasteiger partial charge is 0.351 e. The first-order valence-electron chi connectivity index (χ1n) is 7.19. The van der Waals surface area contributed by atoms with Crippen LogP contribution in [0.3, 0.4) is 0 Å². The van der Waals surface area contributed by atoms with Gasteiger partial charge >= 0.3 is 0 Å². The zero-order chi connectivity index (χ0) is 15.0. The van der Waals surface area contributed by atoms with Crippen LogP contribution in [-0.2, 0) is 11.3 Å². The highest BCUT2D eigenvalue weighted by Crippen LogP contribution is 2.44. The minimum absolute atomic E-state index is 0.170. The Hall–Kier alpha value is -2.18. The van der Waals surface area contributed by atoms with Gasteiger partial charge in [-0.15, -0.1) is 0 Å². The summed E-state index contributed by atoms with van der Waals surface area (Å²) >= 11 is 0. The second-order valence-corrected chi connectivity index (χ2v) is 5.88. The normalized spacial score (nSPS) is 17.8. The van der Waals surface area contributed by atoms with Gasteiger partial charge in [-0.2, -0.15) is 0 Å². The highest BCUT2D eigenvalue weighted by Gasteiger charge is 2.42. The highest BCUT2D eigenvalue weighted by molar-refractivity contribution is 5.76. The van der Waals surface area contributed by atoms with Gasteiger partial charge in [0.15, 0.2) is 0 Å². The summed E-state index contributed by atoms with van der Waals surface area (Å²) in [6, 6.07) is 2.48. The molecule has 1 aromatic heterocycles. The minimum Gasteiger partial charge on any atom is -0.351 e. The number of amides is 1. The van der Waals surface area contributed by atoms with Gasteiger partial charge in [0.1, 0.15) is 6.54 Å². The lowest BCUT2D eigenvalue weighted by atomic mass is 10.1. The number of carbonyl (C=O) groups excluding carboxylic acids is 1. The Morgan fingerprint density at radius 1 is 1.33 bits per heavy atom. The minimum atomic E-state index is -0.578. The molecule has 3 rings (SSSR count). The quantitative estimate of drug-likeness (QED) is 0.626. The summed E-state index contributed by atoms with van der Waals surface area (Å²) in [5, 5.41) is 13.7. The van der Waals surface area contributed by atoms with Crippen molar-refractivity contribution in [3.63, 3.8) is 0 Å². The molecule has 21 heavy (non-hydrogen) atoms. The third-order valence-corrected chi connectivity index (χ3v) is 4.08. The van der Waals surface area contributed by atoms with Crippen LogP contribution in [0.2, 0.25) is 0 Å². The molecule has 0 atom stereocenters. The lowest BCUT2D eigenvalue weighted by Crippen LogP contribution is -2.41. The van der Waals surface area contributed by atoms with E-state index in [1.807, 2.05) is 0 Å². The molecular weight excluding hydrogens is 274 g/mol. The van der Waals surface area contributed by atoms with Crippen LogP contribution in [0.25, 0.3) is 0 Å². The summed E-state index contributed by atoms with van der Waals surface area (Å²) in [4.78, 5) is 33.9. The molecule has 0 aromatic carbocycles. The first-order valence-corrected chi connectivity index (χ1v) is 7.19. The second-order valence-electron chi connectivity index (χ2n) is 5.88. The molecule has 1 N–H and O–H groups in total. The van der Waals surface area contributed by atoms with E-state index in [9.17, 15) is 19.7 Å². The smallest absolute Gasteiger partial charge is 0.285 e. The first-order chi connectivity index (χ1) is 10.0. The van der Waals surface area contributed by atoms with Crippen molar-refractivity contribution in [2.75, 3.05) is 0 Å². The molecule has 0 radical (unpaired) electrons. The number of hydrogen-bond donors (Lipinski definition) is 1. The van der Waals surface area contributed by atoms with Crippen molar-refractivity contribution in [1.82, 2.24) is 9.88 Å². The Labute approximate surface area is 121 Å². The number of rotatable bonds is 6. The molecule has 0 aliphatic heterocycles. The fourth-order valence-corrected chi connectivity index (χ4v) is 2.67. The average molecular weight is 291 g/mol. The highest BCUT2D eigenvalue weighted by atomic mass is 16.6. The van der Waals surface area contributed by atoms with Gasteiger partial charge in [0.05, 0.1) is 11.1 Å². The van der Waals surface area contributed by atoms with Crippen LogP contribution in [0.5, 0.6) is 0 Å². The van der Waals surface area contributed by atoms with E-state index in [1.165, 1.54) is 0 Å². The van der Waals surface area contributed by atoms with Crippen molar-refractivity contribution in [1.29, 1.82) is 0 Å². The fraction of sp³-hybridized carbons (Fsp3) is 0.571. The average Bonchev–Trinajstić information content (AvgIpc) is 3.31. The molecule has 2 aliphatic carbocycles. The number of carbonyl (C=O) groups is 1. The molecule has 1 heterocycles. The van der Waals surface area contributed by atoms with Gasteiger partial charge < -0.3 is 5.32 Å². The van der Waals surface area contributed by atoms with E-state index in [0.29, 0.717) is 11.8 Å². The van der Waals surface area contributed by atoms with Gasteiger partial charge in [-0.3, -0.25) is 24.3 Å². The summed E-state index contributed by atoms with van der Waals surface area (Å²) in [7, 11) is 0. The Bertz CT molecular complexity index is 619. The number of nitrogens with zero attached hydrogens (tertiary/aromatic N) is 2. The maximum Gasteiger partial charge on any atom is 0.285 e. The summed E-state index contributed by atoms with van der Waals surface area (Å²) in [6.07, 6.45) is 5.72. The zero-order valence-corrected chi connectivity index (χ0v) is 11.5. The number of nitrogens with one attached hydrogen (secondary N) is 1. The summed E-state index contributed by atoms with van der Waals surface area (Å²) in [5.41, 5.74) is -0.603. The number of nitro groups is 1. The van der Waals surface area contributed by atoms with Gasteiger partial charge in [0, 0.05) is 18.2 Å². The second kappa shape index (κ2) is 5.31. The lowest BCUT2D eigenvalue weighted by molar-refractivity contribution is -0.385. The topological polar surface area (TPSA) is 94.2 Å². The predicted molar refractivity (Wildman–Crippen MR) is 74.7 cm³/mol. The van der Waals surface area contributed by atoms with E-state index < -0.39 is 10.5 Å². The standard InChI is InChI=1S/C14H17N3O4/c18-12(15-14(9-1-2-9)10-3-4-10)8-16-7-11(17(20)21)5-6-13(16)19/h5-7,9-10,14H,1-4,8H2,(H,15,18). The maximum absolute atomic E-state index is 12.1. The van der Waals surface area contributed by atoms with Crippen molar-refractivity contribution >= 4 is 11.6 Å². The fourth-order valence-electron chi connectivity index (χ4n) is 2.67. The van der Waals surface area contributed by atoms with Crippen LogP contribution >= 0.6 is 0 Å². The molecule has 2 fully saturated rings. The third kappa shape index (κ3) is 3.29. The van der Waals surface area contributed by atoms with Crippen molar-refractivity contribution < 1.29 is 9.72 Å². The van der Waals surface area contributed by atoms with Crippen molar-refractivity contribution in [2.45, 2.75) is 38.3 Å². The van der Waals surface area contributed by atoms with E-state index in [4.69, 9.17) is 0 Å². The van der Waals surface area contributed by atoms with Gasteiger partial charge in [-0.1, -0.05) is 0 Å². The van der Waals surface area contributed by atoms with Crippen LogP contribution in [0, 0.1) is 22.0 Å². The predicted octanol–water partition coefficient (Wildman–Crippen LogP) is 1.06. The molecule has 0 bridgehead atoms. The molecule has 1 aromatic rings. The maximum atomic E-state index is 12.1. The van der Waals surface area contributed by atoms with Crippen molar-refractivity contribution in [3.05, 3.63) is 38.8 Å². The molecule has 0 spiro atoms. The summed E-state index contributed by atoms with van der Waals surface area (Å²) in [5.74, 6) is 0.896. The third-order valence-electron chi connectivity index (χ3n) is 4.08. The van der Waals surface area contributed by atoms with Gasteiger partial charge in [-0.05, 0) is 37.5 Å². The monoisotopic (exact) mass is 291 g/mol. The molecule has 112 valence electrons. The van der Waals surface area contributed by atoms with E-state index in [-0.39, 0.29) is 24.2 Å². The van der Waals surface area contributed by atoms with Crippen LogP contribution in [0.4, 0.5) is 5.69 Å². The van der Waals surface area contributed by atoms with Gasteiger partial charge in [0.2, 0.25) is 5.91 Å². The Morgan fingerprint density at radius 3 is 2.48 bits per heavy atom. The van der Waals surface area contributed by atoms with Crippen LogP contribution in [-0.4, -0.2) is 21.4 Å². The molecule has 0 saturated heterocycles. The molecule has 2 saturated carbocycles. The number of aromatic nitrogens is 1. The molecule has 7 nitrogen and oxygen atoms in total. The molecule has 1 amide bonds. The Balaban J connectivity index is 1.67. The van der Waals surface area contributed by atoms with Crippen molar-refractivity contribution in [3.8, 4) is 0 Å². The van der Waals surface area contributed by atoms with Crippen LogP contribution < -0.4 is 10.9 Å². The van der Waals surface area contributed by atoms with E-state index >= 15 is 0 Å². The van der Waals surface area contributed by atoms with Crippen molar-refractivity contribution in [2.24, 2.45) is 11.8 Å². The molecule has 7 heteroatoms. The van der Waals surface area contributed by atoms with E-state index in [2.05, 4.69) is 5.32 Å². The summed E-state index contributed by atoms with van der Waals surface area (Å²) in [6.45, 7) is -0.170. The van der Waals surface area contributed by atoms with Gasteiger partial charge in [0.25, 0.3) is 11.2 Å². The number of pyridine rings is 1. The van der Waals surface area contributed by atoms with Gasteiger partial charge in [-0.25, -0.2) is 0 Å². The van der Waals surface area contributed by atoms with Crippen LogP contribution in [0.15, 0.2) is 23.1 Å². The lowest BCUT2D eigenvalue weighted by Gasteiger charge is -2.17.